The highest BCUT2D eigenvalue weighted by atomic mass is 16.4. The molecule has 0 saturated heterocycles. The van der Waals surface area contributed by atoms with Crippen molar-refractivity contribution >= 4 is 11.9 Å². The Balaban J connectivity index is 2.16. The van der Waals surface area contributed by atoms with E-state index in [9.17, 15) is 9.59 Å². The molecule has 0 bridgehead atoms. The first kappa shape index (κ1) is 13.0. The van der Waals surface area contributed by atoms with Crippen LogP contribution in [0.4, 0.5) is 0 Å². The summed E-state index contributed by atoms with van der Waals surface area (Å²) in [6, 6.07) is 0. The van der Waals surface area contributed by atoms with Gasteiger partial charge in [-0.15, -0.1) is 0 Å². The fourth-order valence-electron chi connectivity index (χ4n) is 2.09. The Hall–Kier alpha value is -1.06. The summed E-state index contributed by atoms with van der Waals surface area (Å²) in [6.45, 7) is 2.27. The van der Waals surface area contributed by atoms with E-state index in [4.69, 9.17) is 5.11 Å². The van der Waals surface area contributed by atoms with Crippen LogP contribution in [0.3, 0.4) is 0 Å². The molecule has 16 heavy (non-hydrogen) atoms. The van der Waals surface area contributed by atoms with Gasteiger partial charge < -0.3 is 10.4 Å². The Morgan fingerprint density at radius 1 is 1.31 bits per heavy atom. The van der Waals surface area contributed by atoms with Gasteiger partial charge in [-0.25, -0.2) is 0 Å². The largest absolute Gasteiger partial charge is 0.481 e. The Morgan fingerprint density at radius 2 is 1.94 bits per heavy atom. The third kappa shape index (κ3) is 4.64. The highest BCUT2D eigenvalue weighted by Crippen LogP contribution is 2.22. The number of hydrogen-bond acceptors (Lipinski definition) is 2. The SMILES string of the molecule is C[C@H](CC(=O)NCC1CCCCC1)C(=O)O. The second-order valence-corrected chi connectivity index (χ2v) is 4.75. The zero-order valence-corrected chi connectivity index (χ0v) is 9.87. The van der Waals surface area contributed by atoms with Gasteiger partial charge in [-0.1, -0.05) is 26.2 Å². The first-order chi connectivity index (χ1) is 7.59. The van der Waals surface area contributed by atoms with E-state index in [1.54, 1.807) is 6.92 Å². The lowest BCUT2D eigenvalue weighted by atomic mass is 9.89. The lowest BCUT2D eigenvalue weighted by Gasteiger charge is -2.21. The molecule has 1 saturated carbocycles. The van der Waals surface area contributed by atoms with Gasteiger partial charge in [-0.2, -0.15) is 0 Å². The third-order valence-corrected chi connectivity index (χ3v) is 3.23. The molecule has 1 aliphatic rings. The predicted octanol–water partition coefficient (Wildman–Crippen LogP) is 1.79. The standard InChI is InChI=1S/C12H21NO3/c1-9(12(15)16)7-11(14)13-8-10-5-3-2-4-6-10/h9-10H,2-8H2,1H3,(H,13,14)(H,15,16)/t9-/m1/s1. The lowest BCUT2D eigenvalue weighted by molar-refractivity contribution is -0.143. The molecule has 4 nitrogen and oxygen atoms in total. The van der Waals surface area contributed by atoms with E-state index >= 15 is 0 Å². The van der Waals surface area contributed by atoms with Gasteiger partial charge in [-0.3, -0.25) is 9.59 Å². The van der Waals surface area contributed by atoms with Crippen LogP contribution in [-0.4, -0.2) is 23.5 Å². The topological polar surface area (TPSA) is 66.4 Å². The Kier molecular flexibility index (Phi) is 5.29. The van der Waals surface area contributed by atoms with Crippen LogP contribution < -0.4 is 5.32 Å². The van der Waals surface area contributed by atoms with Crippen molar-refractivity contribution in [2.45, 2.75) is 45.4 Å². The number of hydrogen-bond donors (Lipinski definition) is 2. The average molecular weight is 227 g/mol. The summed E-state index contributed by atoms with van der Waals surface area (Å²) in [6.07, 6.45) is 6.28. The maximum Gasteiger partial charge on any atom is 0.306 e. The molecule has 1 aliphatic carbocycles. The normalized spacial score (nSPS) is 19.1. The van der Waals surface area contributed by atoms with Crippen molar-refractivity contribution in [3.8, 4) is 0 Å². The van der Waals surface area contributed by atoms with Crippen molar-refractivity contribution in [3.63, 3.8) is 0 Å². The molecule has 1 atom stereocenters. The molecular formula is C12H21NO3. The van der Waals surface area contributed by atoms with E-state index in [2.05, 4.69) is 5.32 Å². The number of carboxylic acids is 1. The van der Waals surface area contributed by atoms with Crippen LogP contribution in [0.2, 0.25) is 0 Å². The van der Waals surface area contributed by atoms with E-state index in [0.717, 1.165) is 0 Å². The van der Waals surface area contributed by atoms with E-state index in [-0.39, 0.29) is 12.3 Å². The number of nitrogens with one attached hydrogen (secondary N) is 1. The average Bonchev–Trinajstić information content (AvgIpc) is 2.27. The molecule has 0 aromatic rings. The minimum absolute atomic E-state index is 0.0854. The summed E-state index contributed by atoms with van der Waals surface area (Å²) < 4.78 is 0. The summed E-state index contributed by atoms with van der Waals surface area (Å²) in [5, 5.41) is 11.5. The number of rotatable bonds is 5. The lowest BCUT2D eigenvalue weighted by Crippen LogP contribution is -2.32. The summed E-state index contributed by atoms with van der Waals surface area (Å²) in [4.78, 5) is 22.0. The first-order valence-corrected chi connectivity index (χ1v) is 6.09. The Morgan fingerprint density at radius 3 is 2.50 bits per heavy atom. The van der Waals surface area contributed by atoms with Gasteiger partial charge in [0.1, 0.15) is 0 Å². The van der Waals surface area contributed by atoms with E-state index in [0.29, 0.717) is 12.5 Å². The van der Waals surface area contributed by atoms with Crippen LogP contribution in [0.25, 0.3) is 0 Å². The minimum Gasteiger partial charge on any atom is -0.481 e. The molecule has 1 fully saturated rings. The van der Waals surface area contributed by atoms with Crippen LogP contribution in [-0.2, 0) is 9.59 Å². The van der Waals surface area contributed by atoms with Crippen molar-refractivity contribution in [2.24, 2.45) is 11.8 Å². The molecule has 4 heteroatoms. The summed E-state index contributed by atoms with van der Waals surface area (Å²) in [7, 11) is 0. The molecule has 0 aromatic carbocycles. The maximum absolute atomic E-state index is 11.4. The number of amides is 1. The van der Waals surface area contributed by atoms with Gasteiger partial charge in [-0.05, 0) is 18.8 Å². The molecule has 0 heterocycles. The molecule has 1 amide bonds. The van der Waals surface area contributed by atoms with E-state index in [1.165, 1.54) is 32.1 Å². The van der Waals surface area contributed by atoms with Crippen LogP contribution in [0.15, 0.2) is 0 Å². The Bertz CT molecular complexity index is 247. The van der Waals surface area contributed by atoms with Crippen molar-refractivity contribution < 1.29 is 14.7 Å². The van der Waals surface area contributed by atoms with Crippen molar-refractivity contribution in [1.29, 1.82) is 0 Å². The van der Waals surface area contributed by atoms with Gasteiger partial charge in [0.05, 0.1) is 5.92 Å². The highest BCUT2D eigenvalue weighted by Gasteiger charge is 2.17. The Labute approximate surface area is 96.4 Å². The molecule has 0 aliphatic heterocycles. The van der Waals surface area contributed by atoms with Crippen molar-refractivity contribution in [1.82, 2.24) is 5.32 Å². The third-order valence-electron chi connectivity index (χ3n) is 3.23. The van der Waals surface area contributed by atoms with Crippen LogP contribution in [0.5, 0.6) is 0 Å². The molecule has 0 aromatic heterocycles. The number of carbonyl (C=O) groups excluding carboxylic acids is 1. The van der Waals surface area contributed by atoms with Crippen LogP contribution in [0.1, 0.15) is 45.4 Å². The van der Waals surface area contributed by atoms with Crippen molar-refractivity contribution in [2.75, 3.05) is 6.54 Å². The second-order valence-electron chi connectivity index (χ2n) is 4.75. The zero-order valence-electron chi connectivity index (χ0n) is 9.87. The van der Waals surface area contributed by atoms with Gasteiger partial charge in [0.25, 0.3) is 0 Å². The fraction of sp³-hybridized carbons (Fsp3) is 0.833. The summed E-state index contributed by atoms with van der Waals surface area (Å²) in [5.41, 5.74) is 0. The predicted molar refractivity (Wildman–Crippen MR) is 61.0 cm³/mol. The number of carboxylic acid groups (broad SMARTS) is 1. The summed E-state index contributed by atoms with van der Waals surface area (Å²) >= 11 is 0. The van der Waals surface area contributed by atoms with E-state index < -0.39 is 11.9 Å². The van der Waals surface area contributed by atoms with Gasteiger partial charge in [0, 0.05) is 13.0 Å². The maximum atomic E-state index is 11.4. The van der Waals surface area contributed by atoms with E-state index in [1.807, 2.05) is 0 Å². The van der Waals surface area contributed by atoms with Crippen molar-refractivity contribution in [3.05, 3.63) is 0 Å². The van der Waals surface area contributed by atoms with Gasteiger partial charge in [0.2, 0.25) is 5.91 Å². The monoisotopic (exact) mass is 227 g/mol. The summed E-state index contributed by atoms with van der Waals surface area (Å²) in [5.74, 6) is -1.04. The zero-order chi connectivity index (χ0) is 12.0. The van der Waals surface area contributed by atoms with Gasteiger partial charge in [0.15, 0.2) is 0 Å². The molecule has 0 unspecified atom stereocenters. The molecule has 0 spiro atoms. The molecule has 92 valence electrons. The molecular weight excluding hydrogens is 206 g/mol. The minimum atomic E-state index is -0.909. The first-order valence-electron chi connectivity index (χ1n) is 6.09. The number of aliphatic carboxylic acids is 1. The van der Waals surface area contributed by atoms with Crippen LogP contribution >= 0.6 is 0 Å². The highest BCUT2D eigenvalue weighted by molar-refractivity contribution is 5.81. The molecule has 2 N–H and O–H groups in total. The molecule has 1 rings (SSSR count). The number of carbonyl (C=O) groups is 2. The fourth-order valence-corrected chi connectivity index (χ4v) is 2.09. The molecule has 0 radical (unpaired) electrons. The smallest absolute Gasteiger partial charge is 0.306 e. The van der Waals surface area contributed by atoms with Gasteiger partial charge >= 0.3 is 5.97 Å². The quantitative estimate of drug-likeness (QED) is 0.752. The van der Waals surface area contributed by atoms with Crippen LogP contribution in [0, 0.1) is 11.8 Å². The second kappa shape index (κ2) is 6.51.